The van der Waals surface area contributed by atoms with E-state index in [1.165, 1.54) is 17.2 Å². The van der Waals surface area contributed by atoms with Crippen LogP contribution < -0.4 is 10.6 Å². The van der Waals surface area contributed by atoms with Crippen LogP contribution in [0.25, 0.3) is 0 Å². The largest absolute Gasteiger partial charge is 0.481 e. The quantitative estimate of drug-likeness (QED) is 0.761. The van der Waals surface area contributed by atoms with Crippen molar-refractivity contribution in [3.63, 3.8) is 0 Å². The molecule has 0 aliphatic carbocycles. The van der Waals surface area contributed by atoms with E-state index in [1.54, 1.807) is 0 Å². The standard InChI is InChI=1S/C10H10ClN3O3/c11-9-8(6(12)1-2-13-9)14-4-5(10(16)17)3-7(14)15/h1-2,5H,3-4H2,(H2,12,13)(H,16,17). The third-order valence-electron chi connectivity index (χ3n) is 2.66. The number of halogens is 1. The summed E-state index contributed by atoms with van der Waals surface area (Å²) in [4.78, 5) is 27.7. The summed E-state index contributed by atoms with van der Waals surface area (Å²) in [6.45, 7) is 0.0732. The summed E-state index contributed by atoms with van der Waals surface area (Å²) in [5.74, 6) is -2.03. The van der Waals surface area contributed by atoms with Gasteiger partial charge in [0.15, 0.2) is 5.15 Å². The minimum absolute atomic E-state index is 0.0417. The maximum atomic E-state index is 11.7. The van der Waals surface area contributed by atoms with Gasteiger partial charge in [-0.3, -0.25) is 9.59 Å². The molecule has 6 nitrogen and oxygen atoms in total. The molecule has 0 saturated carbocycles. The van der Waals surface area contributed by atoms with E-state index in [-0.39, 0.29) is 24.0 Å². The average molecular weight is 256 g/mol. The zero-order valence-corrected chi connectivity index (χ0v) is 9.52. The van der Waals surface area contributed by atoms with E-state index in [9.17, 15) is 9.59 Å². The number of aliphatic carboxylic acids is 1. The van der Waals surface area contributed by atoms with Crippen LogP contribution in [0.3, 0.4) is 0 Å². The van der Waals surface area contributed by atoms with Crippen molar-refractivity contribution in [2.75, 3.05) is 17.2 Å². The Labute approximate surface area is 102 Å². The SMILES string of the molecule is Nc1ccnc(Cl)c1N1CC(C(=O)O)CC1=O. The van der Waals surface area contributed by atoms with Crippen LogP contribution in [0.1, 0.15) is 6.42 Å². The first kappa shape index (κ1) is 11.7. The first-order chi connectivity index (χ1) is 8.00. The Kier molecular flexibility index (Phi) is 2.89. The second-order valence-electron chi connectivity index (χ2n) is 3.78. The normalized spacial score (nSPS) is 19.7. The highest BCUT2D eigenvalue weighted by atomic mass is 35.5. The van der Waals surface area contributed by atoms with Crippen LogP contribution in [-0.2, 0) is 9.59 Å². The molecule has 1 amide bonds. The lowest BCUT2D eigenvalue weighted by molar-refractivity contribution is -0.141. The number of carbonyl (C=O) groups excluding carboxylic acids is 1. The van der Waals surface area contributed by atoms with Gasteiger partial charge in [0, 0.05) is 19.2 Å². The van der Waals surface area contributed by atoms with Crippen molar-refractivity contribution in [2.24, 2.45) is 5.92 Å². The van der Waals surface area contributed by atoms with E-state index in [0.29, 0.717) is 11.4 Å². The maximum absolute atomic E-state index is 11.7. The molecular formula is C10H10ClN3O3. The maximum Gasteiger partial charge on any atom is 0.308 e. The number of anilines is 2. The molecule has 0 aromatic carbocycles. The summed E-state index contributed by atoms with van der Waals surface area (Å²) < 4.78 is 0. The van der Waals surface area contributed by atoms with Gasteiger partial charge in [0.25, 0.3) is 0 Å². The van der Waals surface area contributed by atoms with E-state index in [1.807, 2.05) is 0 Å². The third-order valence-corrected chi connectivity index (χ3v) is 2.93. The number of nitrogen functional groups attached to an aromatic ring is 1. The van der Waals surface area contributed by atoms with Gasteiger partial charge in [-0.05, 0) is 6.07 Å². The van der Waals surface area contributed by atoms with Crippen LogP contribution in [0.2, 0.25) is 5.15 Å². The van der Waals surface area contributed by atoms with E-state index in [0.717, 1.165) is 0 Å². The van der Waals surface area contributed by atoms with Crippen molar-refractivity contribution >= 4 is 34.9 Å². The molecule has 1 aromatic heterocycles. The predicted molar refractivity (Wildman–Crippen MR) is 61.8 cm³/mol. The Morgan fingerprint density at radius 3 is 2.88 bits per heavy atom. The summed E-state index contributed by atoms with van der Waals surface area (Å²) in [5, 5.41) is 8.98. The summed E-state index contributed by atoms with van der Waals surface area (Å²) in [6.07, 6.45) is 1.39. The molecule has 0 spiro atoms. The second-order valence-corrected chi connectivity index (χ2v) is 4.14. The molecule has 2 heterocycles. The smallest absolute Gasteiger partial charge is 0.308 e. The fourth-order valence-electron chi connectivity index (χ4n) is 1.80. The number of amides is 1. The fraction of sp³-hybridized carbons (Fsp3) is 0.300. The molecule has 1 saturated heterocycles. The predicted octanol–water partition coefficient (Wildman–Crippen LogP) is 0.755. The molecule has 1 unspecified atom stereocenters. The highest BCUT2D eigenvalue weighted by Gasteiger charge is 2.36. The molecule has 90 valence electrons. The third kappa shape index (κ3) is 2.03. The molecule has 1 aliphatic heterocycles. The highest BCUT2D eigenvalue weighted by Crippen LogP contribution is 2.34. The fourth-order valence-corrected chi connectivity index (χ4v) is 2.07. The zero-order valence-electron chi connectivity index (χ0n) is 8.76. The Bertz CT molecular complexity index is 471. The number of carboxylic acid groups (broad SMARTS) is 1. The first-order valence-electron chi connectivity index (χ1n) is 4.94. The number of carbonyl (C=O) groups is 2. The van der Waals surface area contributed by atoms with Gasteiger partial charge in [0.1, 0.15) is 5.69 Å². The molecule has 1 fully saturated rings. The van der Waals surface area contributed by atoms with Gasteiger partial charge in [0.05, 0.1) is 11.6 Å². The number of hydrogen-bond donors (Lipinski definition) is 2. The molecule has 1 aliphatic rings. The van der Waals surface area contributed by atoms with E-state index in [4.69, 9.17) is 22.4 Å². The van der Waals surface area contributed by atoms with Crippen LogP contribution in [-0.4, -0.2) is 28.5 Å². The van der Waals surface area contributed by atoms with Crippen LogP contribution in [0.15, 0.2) is 12.3 Å². The summed E-state index contributed by atoms with van der Waals surface area (Å²) in [5.41, 5.74) is 6.32. The minimum atomic E-state index is -1.00. The van der Waals surface area contributed by atoms with E-state index >= 15 is 0 Å². The van der Waals surface area contributed by atoms with E-state index < -0.39 is 11.9 Å². The molecule has 0 bridgehead atoms. The number of carboxylic acids is 1. The van der Waals surface area contributed by atoms with Gasteiger partial charge in [0.2, 0.25) is 5.91 Å². The van der Waals surface area contributed by atoms with Crippen molar-refractivity contribution in [1.82, 2.24) is 4.98 Å². The van der Waals surface area contributed by atoms with Gasteiger partial charge >= 0.3 is 5.97 Å². The number of nitrogens with two attached hydrogens (primary N) is 1. The van der Waals surface area contributed by atoms with Crippen LogP contribution in [0.4, 0.5) is 11.4 Å². The summed E-state index contributed by atoms with van der Waals surface area (Å²) >= 11 is 5.87. The molecule has 0 radical (unpaired) electrons. The highest BCUT2D eigenvalue weighted by molar-refractivity contribution is 6.33. The van der Waals surface area contributed by atoms with Crippen molar-refractivity contribution in [3.8, 4) is 0 Å². The van der Waals surface area contributed by atoms with Gasteiger partial charge in [-0.25, -0.2) is 4.98 Å². The van der Waals surface area contributed by atoms with Crippen LogP contribution >= 0.6 is 11.6 Å². The Morgan fingerprint density at radius 2 is 2.35 bits per heavy atom. The van der Waals surface area contributed by atoms with Gasteiger partial charge in [-0.15, -0.1) is 0 Å². The Hall–Kier alpha value is -1.82. The summed E-state index contributed by atoms with van der Waals surface area (Å²) in [7, 11) is 0. The van der Waals surface area contributed by atoms with Crippen LogP contribution in [0, 0.1) is 5.92 Å². The molecule has 17 heavy (non-hydrogen) atoms. The lowest BCUT2D eigenvalue weighted by atomic mass is 10.1. The summed E-state index contributed by atoms with van der Waals surface area (Å²) in [6, 6.07) is 1.52. The van der Waals surface area contributed by atoms with E-state index in [2.05, 4.69) is 4.98 Å². The van der Waals surface area contributed by atoms with Crippen molar-refractivity contribution in [3.05, 3.63) is 17.4 Å². The number of aromatic nitrogens is 1. The minimum Gasteiger partial charge on any atom is -0.481 e. The Balaban J connectivity index is 2.35. The molecular weight excluding hydrogens is 246 g/mol. The topological polar surface area (TPSA) is 96.5 Å². The number of rotatable bonds is 2. The second kappa shape index (κ2) is 4.21. The van der Waals surface area contributed by atoms with Crippen molar-refractivity contribution < 1.29 is 14.7 Å². The van der Waals surface area contributed by atoms with Crippen molar-refractivity contribution in [2.45, 2.75) is 6.42 Å². The number of nitrogens with zero attached hydrogens (tertiary/aromatic N) is 2. The Morgan fingerprint density at radius 1 is 1.65 bits per heavy atom. The van der Waals surface area contributed by atoms with Gasteiger partial charge in [-0.1, -0.05) is 11.6 Å². The first-order valence-corrected chi connectivity index (χ1v) is 5.31. The number of pyridine rings is 1. The molecule has 2 rings (SSSR count). The number of hydrogen-bond acceptors (Lipinski definition) is 4. The molecule has 1 aromatic rings. The average Bonchev–Trinajstić information content (AvgIpc) is 2.61. The van der Waals surface area contributed by atoms with Crippen molar-refractivity contribution in [1.29, 1.82) is 0 Å². The van der Waals surface area contributed by atoms with Gasteiger partial charge < -0.3 is 15.7 Å². The molecule has 3 N–H and O–H groups in total. The lowest BCUT2D eigenvalue weighted by Crippen LogP contribution is -2.27. The van der Waals surface area contributed by atoms with Gasteiger partial charge in [-0.2, -0.15) is 0 Å². The monoisotopic (exact) mass is 255 g/mol. The molecule has 7 heteroatoms. The van der Waals surface area contributed by atoms with Crippen LogP contribution in [0.5, 0.6) is 0 Å². The lowest BCUT2D eigenvalue weighted by Gasteiger charge is -2.18. The molecule has 1 atom stereocenters. The zero-order chi connectivity index (χ0) is 12.6.